The van der Waals surface area contributed by atoms with Crippen LogP contribution in [0.4, 0.5) is 18.9 Å². The molecule has 0 aromatic carbocycles. The summed E-state index contributed by atoms with van der Waals surface area (Å²) in [5, 5.41) is 0. The van der Waals surface area contributed by atoms with Crippen molar-refractivity contribution in [3.8, 4) is 0 Å². The van der Waals surface area contributed by atoms with Gasteiger partial charge in [0, 0.05) is 11.9 Å². The summed E-state index contributed by atoms with van der Waals surface area (Å²) in [6.07, 6.45) is -3.77. The number of hydrogen-bond acceptors (Lipinski definition) is 2. The molecule has 1 heterocycles. The Morgan fingerprint density at radius 3 is 2.46 bits per heavy atom. The summed E-state index contributed by atoms with van der Waals surface area (Å²) in [5.41, 5.74) is 4.21. The topological polar surface area (TPSA) is 38.9 Å². The Morgan fingerprint density at radius 2 is 2.08 bits per heavy atom. The van der Waals surface area contributed by atoms with Gasteiger partial charge in [-0.3, -0.25) is 4.98 Å². The SMILES string of the molecule is Nc1cc(CCl)ncc1C(F)(F)F. The predicted octanol–water partition coefficient (Wildman–Crippen LogP) is 2.42. The number of alkyl halides is 4. The van der Waals surface area contributed by atoms with E-state index in [4.69, 9.17) is 17.3 Å². The fourth-order valence-corrected chi connectivity index (χ4v) is 0.973. The molecule has 0 spiro atoms. The van der Waals surface area contributed by atoms with Crippen molar-refractivity contribution in [3.63, 3.8) is 0 Å². The quantitative estimate of drug-likeness (QED) is 0.723. The average Bonchev–Trinajstić information content (AvgIpc) is 2.01. The van der Waals surface area contributed by atoms with Gasteiger partial charge >= 0.3 is 6.18 Å². The molecule has 2 nitrogen and oxygen atoms in total. The van der Waals surface area contributed by atoms with Crippen LogP contribution < -0.4 is 5.73 Å². The molecule has 0 saturated heterocycles. The maximum absolute atomic E-state index is 12.1. The molecule has 0 aliphatic rings. The Bertz CT molecular complexity index is 311. The second kappa shape index (κ2) is 3.41. The van der Waals surface area contributed by atoms with Gasteiger partial charge in [-0.2, -0.15) is 13.2 Å². The fraction of sp³-hybridized carbons (Fsp3) is 0.286. The van der Waals surface area contributed by atoms with Crippen LogP contribution in [0.25, 0.3) is 0 Å². The van der Waals surface area contributed by atoms with Crippen molar-refractivity contribution in [3.05, 3.63) is 23.5 Å². The molecule has 0 radical (unpaired) electrons. The maximum atomic E-state index is 12.1. The van der Waals surface area contributed by atoms with Crippen molar-refractivity contribution >= 4 is 17.3 Å². The second-order valence-electron chi connectivity index (χ2n) is 2.39. The lowest BCUT2D eigenvalue weighted by Crippen LogP contribution is -2.10. The van der Waals surface area contributed by atoms with Crippen molar-refractivity contribution in [1.82, 2.24) is 4.98 Å². The van der Waals surface area contributed by atoms with Crippen LogP contribution in [-0.4, -0.2) is 4.98 Å². The lowest BCUT2D eigenvalue weighted by molar-refractivity contribution is -0.137. The highest BCUT2D eigenvalue weighted by atomic mass is 35.5. The van der Waals surface area contributed by atoms with Gasteiger partial charge in [0.15, 0.2) is 0 Å². The largest absolute Gasteiger partial charge is 0.419 e. The number of hydrogen-bond donors (Lipinski definition) is 1. The highest BCUT2D eigenvalue weighted by Crippen LogP contribution is 2.32. The first-order valence-electron chi connectivity index (χ1n) is 3.32. The van der Waals surface area contributed by atoms with Crippen molar-refractivity contribution in [2.24, 2.45) is 0 Å². The van der Waals surface area contributed by atoms with Gasteiger partial charge < -0.3 is 5.73 Å². The third kappa shape index (κ3) is 2.24. The zero-order valence-electron chi connectivity index (χ0n) is 6.40. The lowest BCUT2D eigenvalue weighted by atomic mass is 10.2. The first-order valence-corrected chi connectivity index (χ1v) is 3.86. The molecule has 13 heavy (non-hydrogen) atoms. The Morgan fingerprint density at radius 1 is 1.46 bits per heavy atom. The molecule has 0 aliphatic heterocycles. The smallest absolute Gasteiger partial charge is 0.398 e. The molecular weight excluding hydrogens is 205 g/mol. The first kappa shape index (κ1) is 10.1. The van der Waals surface area contributed by atoms with Gasteiger partial charge in [-0.25, -0.2) is 0 Å². The fourth-order valence-electron chi connectivity index (χ4n) is 0.826. The molecule has 0 aliphatic carbocycles. The molecule has 0 amide bonds. The summed E-state index contributed by atoms with van der Waals surface area (Å²) in [5.74, 6) is 0.0440. The van der Waals surface area contributed by atoms with E-state index in [0.717, 1.165) is 6.07 Å². The van der Waals surface area contributed by atoms with Crippen LogP contribution in [-0.2, 0) is 12.1 Å². The zero-order chi connectivity index (χ0) is 10.1. The number of halogens is 4. The van der Waals surface area contributed by atoms with Gasteiger partial charge in [0.05, 0.1) is 17.1 Å². The van der Waals surface area contributed by atoms with E-state index in [0.29, 0.717) is 11.9 Å². The lowest BCUT2D eigenvalue weighted by Gasteiger charge is -2.09. The van der Waals surface area contributed by atoms with E-state index >= 15 is 0 Å². The van der Waals surface area contributed by atoms with E-state index in [9.17, 15) is 13.2 Å². The first-order chi connectivity index (χ1) is 5.95. The van der Waals surface area contributed by atoms with E-state index in [2.05, 4.69) is 4.98 Å². The van der Waals surface area contributed by atoms with Crippen LogP contribution in [0.1, 0.15) is 11.3 Å². The second-order valence-corrected chi connectivity index (χ2v) is 2.66. The van der Waals surface area contributed by atoms with Crippen molar-refractivity contribution in [2.45, 2.75) is 12.1 Å². The number of pyridine rings is 1. The third-order valence-electron chi connectivity index (χ3n) is 1.43. The average molecular weight is 211 g/mol. The summed E-state index contributed by atoms with van der Waals surface area (Å²) in [6.45, 7) is 0. The maximum Gasteiger partial charge on any atom is 0.419 e. The van der Waals surface area contributed by atoms with Crippen LogP contribution in [0.2, 0.25) is 0 Å². The molecule has 0 unspecified atom stereocenters. The van der Waals surface area contributed by atoms with Crippen LogP contribution in [0, 0.1) is 0 Å². The van der Waals surface area contributed by atoms with Crippen LogP contribution in [0.3, 0.4) is 0 Å². The van der Waals surface area contributed by atoms with Crippen molar-refractivity contribution in [2.75, 3.05) is 5.73 Å². The van der Waals surface area contributed by atoms with Crippen LogP contribution >= 0.6 is 11.6 Å². The van der Waals surface area contributed by atoms with E-state index < -0.39 is 11.7 Å². The number of anilines is 1. The Labute approximate surface area is 77.5 Å². The van der Waals surface area contributed by atoms with Gasteiger partial charge in [0.1, 0.15) is 0 Å². The van der Waals surface area contributed by atoms with Crippen LogP contribution in [0.15, 0.2) is 12.3 Å². The molecule has 1 aromatic heterocycles. The summed E-state index contributed by atoms with van der Waals surface area (Å²) in [7, 11) is 0. The number of aromatic nitrogens is 1. The van der Waals surface area contributed by atoms with E-state index in [1.54, 1.807) is 0 Å². The van der Waals surface area contributed by atoms with Gasteiger partial charge in [0.2, 0.25) is 0 Å². The molecule has 0 fully saturated rings. The summed E-state index contributed by atoms with van der Waals surface area (Å²) in [4.78, 5) is 3.49. The number of nitrogen functional groups attached to an aromatic ring is 1. The molecule has 0 atom stereocenters. The van der Waals surface area contributed by atoms with E-state index in [1.807, 2.05) is 0 Å². The number of rotatable bonds is 1. The highest BCUT2D eigenvalue weighted by Gasteiger charge is 2.33. The van der Waals surface area contributed by atoms with E-state index in [1.165, 1.54) is 0 Å². The minimum atomic E-state index is -4.46. The normalized spacial score (nSPS) is 11.7. The standard InChI is InChI=1S/C7H6ClF3N2/c8-2-4-1-6(12)5(3-13-4)7(9,10)11/h1,3H,2H2,(H2,12,13). The van der Waals surface area contributed by atoms with Gasteiger partial charge in [-0.1, -0.05) is 0 Å². The van der Waals surface area contributed by atoms with Crippen LogP contribution in [0.5, 0.6) is 0 Å². The minimum absolute atomic E-state index is 0.0440. The van der Waals surface area contributed by atoms with E-state index in [-0.39, 0.29) is 11.6 Å². The molecular formula is C7H6ClF3N2. The molecule has 72 valence electrons. The molecule has 1 rings (SSSR count). The summed E-state index contributed by atoms with van der Waals surface area (Å²) < 4.78 is 36.4. The molecule has 0 saturated carbocycles. The van der Waals surface area contributed by atoms with Crippen molar-refractivity contribution < 1.29 is 13.2 Å². The summed E-state index contributed by atoms with van der Waals surface area (Å²) in [6, 6.07) is 1.12. The predicted molar refractivity (Wildman–Crippen MR) is 43.2 cm³/mol. The Hall–Kier alpha value is -0.970. The Balaban J connectivity index is 3.13. The molecule has 1 aromatic rings. The van der Waals surface area contributed by atoms with Gasteiger partial charge in [0.25, 0.3) is 0 Å². The zero-order valence-corrected chi connectivity index (χ0v) is 7.15. The van der Waals surface area contributed by atoms with Gasteiger partial charge in [-0.15, -0.1) is 11.6 Å². The molecule has 6 heteroatoms. The summed E-state index contributed by atoms with van der Waals surface area (Å²) >= 11 is 5.37. The van der Waals surface area contributed by atoms with Crippen molar-refractivity contribution in [1.29, 1.82) is 0 Å². The third-order valence-corrected chi connectivity index (χ3v) is 1.71. The molecule has 0 bridgehead atoms. The van der Waals surface area contributed by atoms with Gasteiger partial charge in [-0.05, 0) is 6.07 Å². The molecule has 2 N–H and O–H groups in total. The number of nitrogens with zero attached hydrogens (tertiary/aromatic N) is 1. The highest BCUT2D eigenvalue weighted by molar-refractivity contribution is 6.16. The monoisotopic (exact) mass is 210 g/mol. The Kier molecular flexibility index (Phi) is 2.66. The number of nitrogens with two attached hydrogens (primary N) is 1. The minimum Gasteiger partial charge on any atom is -0.398 e.